The van der Waals surface area contributed by atoms with Crippen LogP contribution in [0.5, 0.6) is 0 Å². The molecule has 1 aromatic heterocycles. The summed E-state index contributed by atoms with van der Waals surface area (Å²) in [5.74, 6) is -0.293. The van der Waals surface area contributed by atoms with Gasteiger partial charge in [0.1, 0.15) is 5.69 Å². The van der Waals surface area contributed by atoms with Gasteiger partial charge < -0.3 is 4.90 Å². The summed E-state index contributed by atoms with van der Waals surface area (Å²) >= 11 is 0. The molecule has 0 atom stereocenters. The van der Waals surface area contributed by atoms with Crippen molar-refractivity contribution in [2.45, 2.75) is 44.1 Å². The summed E-state index contributed by atoms with van der Waals surface area (Å²) in [6.45, 7) is -0.435. The first-order chi connectivity index (χ1) is 9.67. The van der Waals surface area contributed by atoms with Crippen molar-refractivity contribution in [1.82, 2.24) is 9.97 Å². The minimum atomic E-state index is -4.65. The van der Waals surface area contributed by atoms with Crippen LogP contribution in [0.15, 0.2) is 12.3 Å². The van der Waals surface area contributed by atoms with Crippen molar-refractivity contribution in [3.63, 3.8) is 0 Å². The molecule has 1 fully saturated rings. The second-order valence-corrected chi connectivity index (χ2v) is 4.88. The van der Waals surface area contributed by atoms with E-state index >= 15 is 0 Å². The molecule has 2 rings (SSSR count). The summed E-state index contributed by atoms with van der Waals surface area (Å²) in [6, 6.07) is 0.475. The quantitative estimate of drug-likeness (QED) is 0.792. The van der Waals surface area contributed by atoms with Crippen LogP contribution in [-0.4, -0.2) is 28.7 Å². The number of rotatable bonds is 4. The first kappa shape index (κ1) is 15.8. The van der Waals surface area contributed by atoms with Crippen LogP contribution in [0.2, 0.25) is 0 Å². The molecule has 9 heteroatoms. The molecule has 0 radical (unpaired) electrons. The molecule has 1 aliphatic carbocycles. The van der Waals surface area contributed by atoms with Crippen molar-refractivity contribution in [3.8, 4) is 0 Å². The van der Waals surface area contributed by atoms with Crippen LogP contribution < -0.4 is 4.90 Å². The van der Waals surface area contributed by atoms with E-state index in [-0.39, 0.29) is 12.0 Å². The molecule has 0 bridgehead atoms. The van der Waals surface area contributed by atoms with Gasteiger partial charge in [-0.05, 0) is 25.3 Å². The van der Waals surface area contributed by atoms with Gasteiger partial charge in [0.25, 0.3) is 0 Å². The molecule has 118 valence electrons. The smallest absolute Gasteiger partial charge is 0.337 e. The van der Waals surface area contributed by atoms with E-state index in [0.717, 1.165) is 12.6 Å². The molecular formula is C12H13F6N3. The van der Waals surface area contributed by atoms with Crippen molar-refractivity contribution >= 4 is 5.95 Å². The zero-order chi connectivity index (χ0) is 15.7. The highest BCUT2D eigenvalue weighted by Crippen LogP contribution is 2.32. The van der Waals surface area contributed by atoms with Crippen LogP contribution in [0.3, 0.4) is 0 Å². The van der Waals surface area contributed by atoms with E-state index < -0.39 is 31.0 Å². The van der Waals surface area contributed by atoms with Gasteiger partial charge >= 0.3 is 12.4 Å². The van der Waals surface area contributed by atoms with Crippen LogP contribution in [0.25, 0.3) is 0 Å². The summed E-state index contributed by atoms with van der Waals surface area (Å²) in [6.07, 6.45) is -7.09. The summed E-state index contributed by atoms with van der Waals surface area (Å²) < 4.78 is 74.9. The Morgan fingerprint density at radius 3 is 2.29 bits per heavy atom. The predicted octanol–water partition coefficient (Wildman–Crippen LogP) is 3.81. The Labute approximate surface area is 117 Å². The standard InChI is InChI=1S/C12H13F6N3/c13-11(14,15)5-7-21(8-2-1-3-8)10-19-6-4-9(20-10)12(16,17)18/h4,6,8H,1-3,5,7H2. The molecule has 1 heterocycles. The third kappa shape index (κ3) is 4.21. The number of halogens is 6. The number of hydrogen-bond donors (Lipinski definition) is 0. The second-order valence-electron chi connectivity index (χ2n) is 4.88. The molecule has 3 nitrogen and oxygen atoms in total. The molecule has 0 spiro atoms. The lowest BCUT2D eigenvalue weighted by Crippen LogP contribution is -2.43. The van der Waals surface area contributed by atoms with Gasteiger partial charge in [0.2, 0.25) is 5.95 Å². The van der Waals surface area contributed by atoms with E-state index in [1.54, 1.807) is 0 Å². The van der Waals surface area contributed by atoms with Gasteiger partial charge in [-0.15, -0.1) is 0 Å². The first-order valence-electron chi connectivity index (χ1n) is 6.40. The molecule has 0 unspecified atom stereocenters. The van der Waals surface area contributed by atoms with E-state index in [1.165, 1.54) is 4.90 Å². The van der Waals surface area contributed by atoms with E-state index in [1.807, 2.05) is 0 Å². The van der Waals surface area contributed by atoms with Crippen LogP contribution in [-0.2, 0) is 6.18 Å². The fourth-order valence-electron chi connectivity index (χ4n) is 2.04. The maximum absolute atomic E-state index is 12.6. The molecule has 0 aromatic carbocycles. The number of alkyl halides is 6. The highest BCUT2D eigenvalue weighted by atomic mass is 19.4. The molecule has 1 aliphatic rings. The fourth-order valence-corrected chi connectivity index (χ4v) is 2.04. The maximum atomic E-state index is 12.6. The first-order valence-corrected chi connectivity index (χ1v) is 6.40. The van der Waals surface area contributed by atoms with Crippen LogP contribution in [0.1, 0.15) is 31.4 Å². The third-order valence-electron chi connectivity index (χ3n) is 3.34. The third-order valence-corrected chi connectivity index (χ3v) is 3.34. The Balaban J connectivity index is 2.20. The lowest BCUT2D eigenvalue weighted by atomic mass is 9.91. The van der Waals surface area contributed by atoms with Crippen LogP contribution in [0, 0.1) is 0 Å². The van der Waals surface area contributed by atoms with Gasteiger partial charge in [-0.3, -0.25) is 0 Å². The zero-order valence-corrected chi connectivity index (χ0v) is 10.9. The predicted molar refractivity (Wildman–Crippen MR) is 62.7 cm³/mol. The Hall–Kier alpha value is -1.54. The minimum absolute atomic E-state index is 0.226. The van der Waals surface area contributed by atoms with Crippen molar-refractivity contribution in [2.24, 2.45) is 0 Å². The maximum Gasteiger partial charge on any atom is 0.433 e. The Kier molecular flexibility index (Phi) is 4.29. The summed E-state index contributed by atoms with van der Waals surface area (Å²) in [5, 5.41) is 0. The molecule has 21 heavy (non-hydrogen) atoms. The molecule has 1 saturated carbocycles. The monoisotopic (exact) mass is 313 g/mol. The summed E-state index contributed by atoms with van der Waals surface area (Å²) in [4.78, 5) is 8.30. The second kappa shape index (κ2) is 5.69. The molecule has 0 aliphatic heterocycles. The summed E-state index contributed by atoms with van der Waals surface area (Å²) in [5.41, 5.74) is -1.15. The van der Waals surface area contributed by atoms with Crippen molar-refractivity contribution in [1.29, 1.82) is 0 Å². The van der Waals surface area contributed by atoms with Crippen molar-refractivity contribution in [2.75, 3.05) is 11.4 Å². The molecule has 1 aromatic rings. The SMILES string of the molecule is FC(F)(F)CCN(c1nccc(C(F)(F)F)n1)C1CCC1. The van der Waals surface area contributed by atoms with Gasteiger partial charge in [-0.25, -0.2) is 9.97 Å². The summed E-state index contributed by atoms with van der Waals surface area (Å²) in [7, 11) is 0. The highest BCUT2D eigenvalue weighted by Gasteiger charge is 2.36. The highest BCUT2D eigenvalue weighted by molar-refractivity contribution is 5.33. The van der Waals surface area contributed by atoms with Crippen molar-refractivity contribution < 1.29 is 26.3 Å². The number of nitrogens with zero attached hydrogens (tertiary/aromatic N) is 3. The average Bonchev–Trinajstić information content (AvgIpc) is 2.30. The molecular weight excluding hydrogens is 300 g/mol. The van der Waals surface area contributed by atoms with Gasteiger partial charge in [0.15, 0.2) is 0 Å². The van der Waals surface area contributed by atoms with E-state index in [0.29, 0.717) is 18.9 Å². The van der Waals surface area contributed by atoms with Crippen molar-refractivity contribution in [3.05, 3.63) is 18.0 Å². The Bertz CT molecular complexity index is 481. The Morgan fingerprint density at radius 1 is 1.14 bits per heavy atom. The largest absolute Gasteiger partial charge is 0.433 e. The zero-order valence-electron chi connectivity index (χ0n) is 10.9. The lowest BCUT2D eigenvalue weighted by Gasteiger charge is -2.37. The minimum Gasteiger partial charge on any atom is -0.337 e. The van der Waals surface area contributed by atoms with Crippen LogP contribution in [0.4, 0.5) is 32.3 Å². The topological polar surface area (TPSA) is 29.0 Å². The van der Waals surface area contributed by atoms with Crippen LogP contribution >= 0.6 is 0 Å². The van der Waals surface area contributed by atoms with Gasteiger partial charge in [-0.2, -0.15) is 26.3 Å². The number of hydrogen-bond acceptors (Lipinski definition) is 3. The van der Waals surface area contributed by atoms with Gasteiger partial charge in [0, 0.05) is 18.8 Å². The number of anilines is 1. The van der Waals surface area contributed by atoms with E-state index in [2.05, 4.69) is 9.97 Å². The number of aromatic nitrogens is 2. The normalized spacial score (nSPS) is 16.7. The van der Waals surface area contributed by atoms with Gasteiger partial charge in [0.05, 0.1) is 6.42 Å². The van der Waals surface area contributed by atoms with E-state index in [4.69, 9.17) is 0 Å². The fraction of sp³-hybridized carbons (Fsp3) is 0.667. The Morgan fingerprint density at radius 2 is 1.81 bits per heavy atom. The average molecular weight is 313 g/mol. The molecule has 0 amide bonds. The molecule has 0 N–H and O–H groups in total. The van der Waals surface area contributed by atoms with E-state index in [9.17, 15) is 26.3 Å². The van der Waals surface area contributed by atoms with Gasteiger partial charge in [-0.1, -0.05) is 0 Å². The molecule has 0 saturated heterocycles. The lowest BCUT2D eigenvalue weighted by molar-refractivity contribution is -0.141.